The highest BCUT2D eigenvalue weighted by Crippen LogP contribution is 2.40. The topological polar surface area (TPSA) is 89.2 Å². The summed E-state index contributed by atoms with van der Waals surface area (Å²) in [5, 5.41) is 11.0. The fourth-order valence-electron chi connectivity index (χ4n) is 3.66. The van der Waals surface area contributed by atoms with E-state index in [1.165, 1.54) is 18.3 Å². The zero-order valence-electron chi connectivity index (χ0n) is 17.1. The third-order valence-corrected chi connectivity index (χ3v) is 5.20. The fourth-order valence-corrected chi connectivity index (χ4v) is 3.66. The first kappa shape index (κ1) is 20.3. The van der Waals surface area contributed by atoms with Gasteiger partial charge in [-0.2, -0.15) is 0 Å². The number of ether oxygens (including phenoxy) is 2. The van der Waals surface area contributed by atoms with Gasteiger partial charge in [0.2, 0.25) is 0 Å². The van der Waals surface area contributed by atoms with E-state index in [1.54, 1.807) is 55.6 Å². The third kappa shape index (κ3) is 3.77. The number of aliphatic hydroxyl groups excluding tert-OH is 1. The van der Waals surface area contributed by atoms with Crippen LogP contribution in [0, 0.1) is 0 Å². The molecule has 1 amide bonds. The highest BCUT2D eigenvalue weighted by Gasteiger charge is 2.47. The zero-order chi connectivity index (χ0) is 22.0. The van der Waals surface area contributed by atoms with Crippen LogP contribution in [0.25, 0.3) is 5.76 Å². The summed E-state index contributed by atoms with van der Waals surface area (Å²) in [6.07, 6.45) is 1.47. The van der Waals surface area contributed by atoms with Crippen LogP contribution in [-0.4, -0.2) is 35.9 Å². The van der Waals surface area contributed by atoms with Gasteiger partial charge >= 0.3 is 0 Å². The van der Waals surface area contributed by atoms with Gasteiger partial charge in [0.15, 0.2) is 0 Å². The van der Waals surface area contributed by atoms with Gasteiger partial charge in [-0.25, -0.2) is 0 Å². The summed E-state index contributed by atoms with van der Waals surface area (Å²) in [4.78, 5) is 27.3. The van der Waals surface area contributed by atoms with Crippen LogP contribution < -0.4 is 9.47 Å². The number of carbonyl (C=O) groups excluding carboxylic acids is 2. The molecule has 7 heteroatoms. The molecule has 1 aliphatic rings. The Labute approximate surface area is 179 Å². The van der Waals surface area contributed by atoms with Crippen LogP contribution in [0.1, 0.15) is 22.9 Å². The van der Waals surface area contributed by atoms with E-state index in [1.807, 2.05) is 12.1 Å². The lowest BCUT2D eigenvalue weighted by molar-refractivity contribution is -0.140. The largest absolute Gasteiger partial charge is 0.507 e. The molecule has 1 aromatic heterocycles. The van der Waals surface area contributed by atoms with Gasteiger partial charge < -0.3 is 23.9 Å². The summed E-state index contributed by atoms with van der Waals surface area (Å²) in [6.45, 7) is 0.145. The van der Waals surface area contributed by atoms with E-state index in [4.69, 9.17) is 13.9 Å². The first-order chi connectivity index (χ1) is 15.0. The van der Waals surface area contributed by atoms with Gasteiger partial charge in [0.05, 0.1) is 26.1 Å². The van der Waals surface area contributed by atoms with Gasteiger partial charge in [-0.1, -0.05) is 12.1 Å². The minimum Gasteiger partial charge on any atom is -0.507 e. The Morgan fingerprint density at radius 2 is 1.74 bits per heavy atom. The summed E-state index contributed by atoms with van der Waals surface area (Å²) in [5.41, 5.74) is 1.16. The van der Waals surface area contributed by atoms with Crippen molar-refractivity contribution in [3.63, 3.8) is 0 Å². The van der Waals surface area contributed by atoms with Crippen LogP contribution >= 0.6 is 0 Å². The smallest absolute Gasteiger partial charge is 0.296 e. The molecule has 1 atom stereocenters. The number of methoxy groups -OCH3 is 2. The summed E-state index contributed by atoms with van der Waals surface area (Å²) in [6, 6.07) is 16.3. The molecule has 0 bridgehead atoms. The molecule has 1 unspecified atom stereocenters. The number of ketones is 1. The van der Waals surface area contributed by atoms with Gasteiger partial charge in [0.1, 0.15) is 29.1 Å². The number of hydrogen-bond donors (Lipinski definition) is 1. The molecular weight excluding hydrogens is 398 g/mol. The number of Topliss-reactive ketones (excluding diaryl/α,β-unsaturated/α-hetero) is 1. The molecule has 1 fully saturated rings. The van der Waals surface area contributed by atoms with Crippen molar-refractivity contribution in [2.24, 2.45) is 0 Å². The lowest BCUT2D eigenvalue weighted by Crippen LogP contribution is -2.29. The van der Waals surface area contributed by atoms with E-state index in [0.717, 1.165) is 5.56 Å². The summed E-state index contributed by atoms with van der Waals surface area (Å²) >= 11 is 0. The number of amides is 1. The maximum atomic E-state index is 13.0. The molecule has 158 valence electrons. The van der Waals surface area contributed by atoms with E-state index in [0.29, 0.717) is 22.8 Å². The number of rotatable bonds is 6. The van der Waals surface area contributed by atoms with Crippen LogP contribution in [0.15, 0.2) is 76.9 Å². The van der Waals surface area contributed by atoms with Crippen LogP contribution in [0.4, 0.5) is 0 Å². The standard InChI is InChI=1S/C24H21NO6/c1-29-17-10-8-16(9-11-17)22(26)20-21(19-7-4-12-31-19)25(24(28)23(20)27)14-15-5-3-6-18(13-15)30-2/h3-13,21,26H,14H2,1-2H3/b22-20-. The van der Waals surface area contributed by atoms with Crippen LogP contribution in [0.5, 0.6) is 11.5 Å². The molecule has 2 heterocycles. The Hall–Kier alpha value is -4.00. The first-order valence-corrected chi connectivity index (χ1v) is 9.62. The van der Waals surface area contributed by atoms with Gasteiger partial charge in [-0.05, 0) is 54.1 Å². The molecule has 7 nitrogen and oxygen atoms in total. The van der Waals surface area contributed by atoms with E-state index in [9.17, 15) is 14.7 Å². The van der Waals surface area contributed by atoms with Gasteiger partial charge in [0, 0.05) is 12.1 Å². The van der Waals surface area contributed by atoms with Crippen molar-refractivity contribution in [2.45, 2.75) is 12.6 Å². The van der Waals surface area contributed by atoms with Crippen molar-refractivity contribution in [3.8, 4) is 11.5 Å². The Bertz CT molecular complexity index is 1130. The number of benzene rings is 2. The molecule has 31 heavy (non-hydrogen) atoms. The molecule has 0 aliphatic carbocycles. The molecule has 0 radical (unpaired) electrons. The molecule has 3 aromatic rings. The molecule has 1 saturated heterocycles. The quantitative estimate of drug-likeness (QED) is 0.370. The summed E-state index contributed by atoms with van der Waals surface area (Å²) in [5.74, 6) is -0.107. The Morgan fingerprint density at radius 3 is 2.39 bits per heavy atom. The van der Waals surface area contributed by atoms with Gasteiger partial charge in [0.25, 0.3) is 11.7 Å². The summed E-state index contributed by atoms with van der Waals surface area (Å²) < 4.78 is 15.9. The van der Waals surface area contributed by atoms with Crippen molar-refractivity contribution in [1.29, 1.82) is 0 Å². The number of aliphatic hydroxyl groups is 1. The third-order valence-electron chi connectivity index (χ3n) is 5.20. The van der Waals surface area contributed by atoms with Crippen molar-refractivity contribution < 1.29 is 28.6 Å². The van der Waals surface area contributed by atoms with Gasteiger partial charge in [-0.3, -0.25) is 9.59 Å². The van der Waals surface area contributed by atoms with Crippen molar-refractivity contribution in [1.82, 2.24) is 4.90 Å². The number of likely N-dealkylation sites (tertiary alicyclic amines) is 1. The SMILES string of the molecule is COc1ccc(/C(O)=C2/C(=O)C(=O)N(Cc3cccc(OC)c3)C2c2ccco2)cc1. The monoisotopic (exact) mass is 419 g/mol. The van der Waals surface area contributed by atoms with Crippen LogP contribution in [-0.2, 0) is 16.1 Å². The maximum absolute atomic E-state index is 13.0. The van der Waals surface area contributed by atoms with Crippen molar-refractivity contribution in [3.05, 3.63) is 89.4 Å². The van der Waals surface area contributed by atoms with Crippen molar-refractivity contribution >= 4 is 17.4 Å². The Balaban J connectivity index is 1.79. The van der Waals surface area contributed by atoms with E-state index in [-0.39, 0.29) is 17.9 Å². The lowest BCUT2D eigenvalue weighted by Gasteiger charge is -2.23. The second kappa shape index (κ2) is 8.39. The van der Waals surface area contributed by atoms with Crippen LogP contribution in [0.2, 0.25) is 0 Å². The molecule has 2 aromatic carbocycles. The van der Waals surface area contributed by atoms with E-state index < -0.39 is 17.7 Å². The minimum absolute atomic E-state index is 0.0204. The molecule has 0 saturated carbocycles. The van der Waals surface area contributed by atoms with Crippen LogP contribution in [0.3, 0.4) is 0 Å². The number of nitrogens with zero attached hydrogens (tertiary/aromatic N) is 1. The second-order valence-electron chi connectivity index (χ2n) is 7.02. The Morgan fingerprint density at radius 1 is 1.00 bits per heavy atom. The highest BCUT2D eigenvalue weighted by molar-refractivity contribution is 6.46. The average molecular weight is 419 g/mol. The molecule has 1 N–H and O–H groups in total. The number of hydrogen-bond acceptors (Lipinski definition) is 6. The zero-order valence-corrected chi connectivity index (χ0v) is 17.1. The van der Waals surface area contributed by atoms with Gasteiger partial charge in [-0.15, -0.1) is 0 Å². The average Bonchev–Trinajstić information content (AvgIpc) is 3.41. The fraction of sp³-hybridized carbons (Fsp3) is 0.167. The first-order valence-electron chi connectivity index (χ1n) is 9.62. The number of carbonyl (C=O) groups is 2. The second-order valence-corrected chi connectivity index (χ2v) is 7.02. The predicted molar refractivity (Wildman–Crippen MR) is 113 cm³/mol. The number of furan rings is 1. The molecular formula is C24H21NO6. The normalized spacial score (nSPS) is 17.7. The lowest BCUT2D eigenvalue weighted by atomic mass is 9.99. The summed E-state index contributed by atoms with van der Waals surface area (Å²) in [7, 11) is 3.10. The Kier molecular flexibility index (Phi) is 5.49. The van der Waals surface area contributed by atoms with E-state index in [2.05, 4.69) is 0 Å². The minimum atomic E-state index is -0.858. The molecule has 4 rings (SSSR count). The maximum Gasteiger partial charge on any atom is 0.296 e. The molecule has 1 aliphatic heterocycles. The van der Waals surface area contributed by atoms with Crippen molar-refractivity contribution in [2.75, 3.05) is 14.2 Å². The van der Waals surface area contributed by atoms with E-state index >= 15 is 0 Å². The highest BCUT2D eigenvalue weighted by atomic mass is 16.5. The molecule has 0 spiro atoms. The predicted octanol–water partition coefficient (Wildman–Crippen LogP) is 3.92.